The van der Waals surface area contributed by atoms with Crippen LogP contribution in [0, 0.1) is 11.3 Å². The maximum atomic E-state index is 9.61. The Hall–Kier alpha value is -3.70. The lowest BCUT2D eigenvalue weighted by Crippen LogP contribution is -2.46. The van der Waals surface area contributed by atoms with Crippen molar-refractivity contribution in [3.8, 4) is 29.1 Å². The lowest BCUT2D eigenvalue weighted by Gasteiger charge is -2.35. The summed E-state index contributed by atoms with van der Waals surface area (Å²) in [6.07, 6.45) is 1.63. The Bertz CT molecular complexity index is 1210. The van der Waals surface area contributed by atoms with Gasteiger partial charge in [-0.05, 0) is 29.8 Å². The molecule has 1 fully saturated rings. The van der Waals surface area contributed by atoms with E-state index in [0.717, 1.165) is 53.3 Å². The molecular formula is C24H24N4O4. The molecule has 1 unspecified atom stereocenters. The number of fused-ring (bicyclic) bond motifs is 2. The number of anilines is 1. The first kappa shape index (κ1) is 20.2. The van der Waals surface area contributed by atoms with Gasteiger partial charge in [-0.15, -0.1) is 0 Å². The summed E-state index contributed by atoms with van der Waals surface area (Å²) in [6.45, 7) is 3.46. The quantitative estimate of drug-likeness (QED) is 0.673. The van der Waals surface area contributed by atoms with Crippen molar-refractivity contribution in [3.05, 3.63) is 47.7 Å². The molecule has 3 heterocycles. The number of nitrogens with zero attached hydrogens (tertiary/aromatic N) is 3. The average molecular weight is 432 g/mol. The lowest BCUT2D eigenvalue weighted by molar-refractivity contribution is 0.171. The van der Waals surface area contributed by atoms with Crippen molar-refractivity contribution in [2.75, 3.05) is 52.0 Å². The summed E-state index contributed by atoms with van der Waals surface area (Å²) >= 11 is 0. The van der Waals surface area contributed by atoms with Gasteiger partial charge in [0.1, 0.15) is 25.1 Å². The zero-order valence-electron chi connectivity index (χ0n) is 18.1. The van der Waals surface area contributed by atoms with Crippen molar-refractivity contribution in [2.45, 2.75) is 6.04 Å². The number of rotatable bonds is 4. The predicted octanol–water partition coefficient (Wildman–Crippen LogP) is 3.05. The van der Waals surface area contributed by atoms with Crippen molar-refractivity contribution in [3.63, 3.8) is 0 Å². The van der Waals surface area contributed by atoms with E-state index < -0.39 is 0 Å². The van der Waals surface area contributed by atoms with E-state index in [-0.39, 0.29) is 6.04 Å². The molecule has 8 heteroatoms. The number of methoxy groups -OCH3 is 2. The van der Waals surface area contributed by atoms with Gasteiger partial charge in [0.05, 0.1) is 25.8 Å². The monoisotopic (exact) mass is 432 g/mol. The van der Waals surface area contributed by atoms with E-state index in [9.17, 15) is 5.26 Å². The number of hydrogen-bond donors (Lipinski definition) is 1. The predicted molar refractivity (Wildman–Crippen MR) is 120 cm³/mol. The molecule has 164 valence electrons. The molecule has 0 spiro atoms. The zero-order chi connectivity index (χ0) is 22.1. The molecule has 5 rings (SSSR count). The van der Waals surface area contributed by atoms with Gasteiger partial charge >= 0.3 is 0 Å². The summed E-state index contributed by atoms with van der Waals surface area (Å²) in [5.41, 5.74) is 1.64. The van der Waals surface area contributed by atoms with Crippen LogP contribution in [0.4, 0.5) is 5.82 Å². The van der Waals surface area contributed by atoms with E-state index in [1.54, 1.807) is 20.4 Å². The number of ether oxygens (including phenoxy) is 4. The Balaban J connectivity index is 1.52. The molecule has 2 aliphatic heterocycles. The standard InChI is InChI=1S/C24H24N4O4/c1-29-21-10-17-16(12-25)13-27-24(18(17)11-22(21)30-2)28-6-5-26-19(14-28)15-3-4-20-23(9-15)32-8-7-31-20/h3-4,9-11,13,19,26H,5-8,14H2,1-2H3. The van der Waals surface area contributed by atoms with E-state index in [4.69, 9.17) is 18.9 Å². The van der Waals surface area contributed by atoms with Crippen molar-refractivity contribution in [1.82, 2.24) is 10.3 Å². The first-order valence-corrected chi connectivity index (χ1v) is 10.5. The summed E-state index contributed by atoms with van der Waals surface area (Å²) in [6, 6.07) is 12.2. The number of benzene rings is 2. The third kappa shape index (κ3) is 3.51. The number of aromatic nitrogens is 1. The molecule has 2 aromatic carbocycles. The summed E-state index contributed by atoms with van der Waals surface area (Å²) < 4.78 is 22.4. The van der Waals surface area contributed by atoms with E-state index in [1.807, 2.05) is 24.3 Å². The number of pyridine rings is 1. The van der Waals surface area contributed by atoms with Gasteiger partial charge < -0.3 is 29.2 Å². The van der Waals surface area contributed by atoms with Gasteiger partial charge in [-0.25, -0.2) is 4.98 Å². The Morgan fingerprint density at radius 3 is 2.56 bits per heavy atom. The fourth-order valence-corrected chi connectivity index (χ4v) is 4.33. The van der Waals surface area contributed by atoms with Crippen LogP contribution in [0.2, 0.25) is 0 Å². The highest BCUT2D eigenvalue weighted by atomic mass is 16.6. The number of nitrogens with one attached hydrogen (secondary N) is 1. The topological polar surface area (TPSA) is 88.9 Å². The summed E-state index contributed by atoms with van der Waals surface area (Å²) in [5.74, 6) is 3.59. The fraction of sp³-hybridized carbons (Fsp3) is 0.333. The lowest BCUT2D eigenvalue weighted by atomic mass is 10.0. The highest BCUT2D eigenvalue weighted by molar-refractivity contribution is 5.98. The minimum atomic E-state index is 0.104. The van der Waals surface area contributed by atoms with Crippen LogP contribution in [0.3, 0.4) is 0 Å². The largest absolute Gasteiger partial charge is 0.493 e. The summed E-state index contributed by atoms with van der Waals surface area (Å²) in [4.78, 5) is 6.91. The molecule has 3 aromatic rings. The number of piperazine rings is 1. The molecule has 0 radical (unpaired) electrons. The first-order valence-electron chi connectivity index (χ1n) is 10.5. The molecular weight excluding hydrogens is 408 g/mol. The Morgan fingerprint density at radius 1 is 1.06 bits per heavy atom. The smallest absolute Gasteiger partial charge is 0.161 e. The van der Waals surface area contributed by atoms with Gasteiger partial charge in [0.25, 0.3) is 0 Å². The van der Waals surface area contributed by atoms with Gasteiger partial charge in [0.2, 0.25) is 0 Å². The maximum Gasteiger partial charge on any atom is 0.161 e. The molecule has 1 saturated heterocycles. The Labute approximate surface area is 186 Å². The van der Waals surface area contributed by atoms with Crippen LogP contribution in [-0.4, -0.2) is 52.1 Å². The van der Waals surface area contributed by atoms with Gasteiger partial charge in [-0.3, -0.25) is 0 Å². The minimum absolute atomic E-state index is 0.104. The van der Waals surface area contributed by atoms with Crippen molar-refractivity contribution in [1.29, 1.82) is 5.26 Å². The van der Waals surface area contributed by atoms with Gasteiger partial charge in [0.15, 0.2) is 23.0 Å². The van der Waals surface area contributed by atoms with Crippen LogP contribution >= 0.6 is 0 Å². The van der Waals surface area contributed by atoms with E-state index in [1.165, 1.54) is 0 Å². The minimum Gasteiger partial charge on any atom is -0.493 e. The van der Waals surface area contributed by atoms with Crippen LogP contribution in [0.15, 0.2) is 36.5 Å². The second-order valence-corrected chi connectivity index (χ2v) is 7.72. The molecule has 0 saturated carbocycles. The van der Waals surface area contributed by atoms with Crippen molar-refractivity contribution >= 4 is 16.6 Å². The fourth-order valence-electron chi connectivity index (χ4n) is 4.33. The molecule has 0 amide bonds. The number of nitriles is 1. The molecule has 0 bridgehead atoms. The average Bonchev–Trinajstić information content (AvgIpc) is 2.86. The molecule has 0 aliphatic carbocycles. The Morgan fingerprint density at radius 2 is 1.81 bits per heavy atom. The summed E-state index contributed by atoms with van der Waals surface area (Å²) in [5, 5.41) is 14.9. The van der Waals surface area contributed by atoms with E-state index in [2.05, 4.69) is 27.3 Å². The van der Waals surface area contributed by atoms with Gasteiger partial charge in [0, 0.05) is 36.6 Å². The third-order valence-electron chi connectivity index (χ3n) is 5.93. The second-order valence-electron chi connectivity index (χ2n) is 7.72. The van der Waals surface area contributed by atoms with E-state index in [0.29, 0.717) is 30.3 Å². The van der Waals surface area contributed by atoms with Crippen LogP contribution in [0.25, 0.3) is 10.8 Å². The van der Waals surface area contributed by atoms with E-state index >= 15 is 0 Å². The molecule has 32 heavy (non-hydrogen) atoms. The third-order valence-corrected chi connectivity index (χ3v) is 5.93. The molecule has 8 nitrogen and oxygen atoms in total. The van der Waals surface area contributed by atoms with Gasteiger partial charge in [-0.1, -0.05) is 6.07 Å². The van der Waals surface area contributed by atoms with Crippen molar-refractivity contribution < 1.29 is 18.9 Å². The van der Waals surface area contributed by atoms with Crippen LogP contribution in [0.5, 0.6) is 23.0 Å². The second kappa shape index (κ2) is 8.44. The number of hydrogen-bond acceptors (Lipinski definition) is 8. The normalized spacial score (nSPS) is 17.7. The maximum absolute atomic E-state index is 9.61. The van der Waals surface area contributed by atoms with Crippen LogP contribution in [-0.2, 0) is 0 Å². The Kier molecular flexibility index (Phi) is 5.33. The highest BCUT2D eigenvalue weighted by Crippen LogP contribution is 2.38. The van der Waals surface area contributed by atoms with Crippen LogP contribution in [0.1, 0.15) is 17.2 Å². The molecule has 1 N–H and O–H groups in total. The van der Waals surface area contributed by atoms with Gasteiger partial charge in [-0.2, -0.15) is 5.26 Å². The molecule has 1 aromatic heterocycles. The van der Waals surface area contributed by atoms with Crippen molar-refractivity contribution in [2.24, 2.45) is 0 Å². The molecule has 1 atom stereocenters. The zero-order valence-corrected chi connectivity index (χ0v) is 18.1. The molecule has 2 aliphatic rings. The highest BCUT2D eigenvalue weighted by Gasteiger charge is 2.26. The van der Waals surface area contributed by atoms with Crippen LogP contribution < -0.4 is 29.2 Å². The first-order chi connectivity index (χ1) is 15.7. The SMILES string of the molecule is COc1cc2c(C#N)cnc(N3CCNC(c4ccc5c(c4)OCCO5)C3)c2cc1OC. The summed E-state index contributed by atoms with van der Waals surface area (Å²) in [7, 11) is 3.19.